The first kappa shape index (κ1) is 18.9. The van der Waals surface area contributed by atoms with Gasteiger partial charge in [-0.25, -0.2) is 4.39 Å². The summed E-state index contributed by atoms with van der Waals surface area (Å²) in [5, 5.41) is 0.635. The third-order valence-electron chi connectivity index (χ3n) is 4.56. The molecule has 7 heteroatoms. The van der Waals surface area contributed by atoms with Crippen LogP contribution in [0.3, 0.4) is 0 Å². The molecule has 0 spiro atoms. The maximum absolute atomic E-state index is 13.0. The number of halogens is 2. The highest BCUT2D eigenvalue weighted by molar-refractivity contribution is 6.30. The lowest BCUT2D eigenvalue weighted by Gasteiger charge is -2.18. The van der Waals surface area contributed by atoms with Crippen LogP contribution in [0, 0.1) is 11.7 Å². The van der Waals surface area contributed by atoms with Crippen LogP contribution in [-0.4, -0.2) is 25.2 Å². The second-order valence-electron chi connectivity index (χ2n) is 6.34. The van der Waals surface area contributed by atoms with Gasteiger partial charge in [-0.05, 0) is 61.0 Å². The summed E-state index contributed by atoms with van der Waals surface area (Å²) < 4.78 is 13.0. The van der Waals surface area contributed by atoms with E-state index < -0.39 is 11.7 Å². The van der Waals surface area contributed by atoms with E-state index in [4.69, 9.17) is 11.6 Å². The number of allylic oxidation sites excluding steroid dienone is 1. The van der Waals surface area contributed by atoms with Crippen LogP contribution in [0.4, 0.5) is 15.8 Å². The second-order valence-corrected chi connectivity index (χ2v) is 6.77. The monoisotopic (exact) mass is 387 g/mol. The van der Waals surface area contributed by atoms with E-state index in [-0.39, 0.29) is 5.82 Å². The SMILES string of the molecule is CC(NNc1ccc(F)cc1)=C1CN(c2ccc(Cl)cc2)CC1C(=O)C=O. The molecule has 0 radical (unpaired) electrons. The molecule has 1 saturated heterocycles. The minimum atomic E-state index is -0.513. The van der Waals surface area contributed by atoms with Crippen molar-refractivity contribution in [3.8, 4) is 0 Å². The fourth-order valence-corrected chi connectivity index (χ4v) is 3.19. The van der Waals surface area contributed by atoms with Crippen molar-refractivity contribution in [3.63, 3.8) is 0 Å². The Kier molecular flexibility index (Phi) is 5.76. The second kappa shape index (κ2) is 8.22. The zero-order chi connectivity index (χ0) is 19.4. The number of rotatable bonds is 6. The van der Waals surface area contributed by atoms with Crippen LogP contribution in [0.5, 0.6) is 0 Å². The highest BCUT2D eigenvalue weighted by Crippen LogP contribution is 2.30. The number of hydrogen-bond donors (Lipinski definition) is 2. The fourth-order valence-electron chi connectivity index (χ4n) is 3.06. The highest BCUT2D eigenvalue weighted by Gasteiger charge is 2.34. The summed E-state index contributed by atoms with van der Waals surface area (Å²) in [5.74, 6) is -1.29. The number of carbonyl (C=O) groups is 2. The van der Waals surface area contributed by atoms with Crippen LogP contribution in [0.2, 0.25) is 5.02 Å². The Hall–Kier alpha value is -2.86. The summed E-state index contributed by atoms with van der Waals surface area (Å²) >= 11 is 5.94. The van der Waals surface area contributed by atoms with Gasteiger partial charge in [0.25, 0.3) is 0 Å². The maximum atomic E-state index is 13.0. The Morgan fingerprint density at radius 3 is 2.48 bits per heavy atom. The first-order valence-electron chi connectivity index (χ1n) is 8.44. The molecule has 5 nitrogen and oxygen atoms in total. The lowest BCUT2D eigenvalue weighted by molar-refractivity contribution is -0.131. The van der Waals surface area contributed by atoms with Crippen molar-refractivity contribution in [3.05, 3.63) is 70.6 Å². The fraction of sp³-hybridized carbons (Fsp3) is 0.200. The molecule has 1 heterocycles. The van der Waals surface area contributed by atoms with Crippen molar-refractivity contribution in [2.24, 2.45) is 5.92 Å². The van der Waals surface area contributed by atoms with Gasteiger partial charge in [-0.1, -0.05) is 11.6 Å². The number of nitrogens with zero attached hydrogens (tertiary/aromatic N) is 1. The van der Waals surface area contributed by atoms with Crippen LogP contribution in [0.1, 0.15) is 6.92 Å². The van der Waals surface area contributed by atoms with Gasteiger partial charge in [0, 0.05) is 29.5 Å². The van der Waals surface area contributed by atoms with Gasteiger partial charge in [-0.2, -0.15) is 0 Å². The van der Waals surface area contributed by atoms with Crippen molar-refractivity contribution in [2.75, 3.05) is 23.4 Å². The molecule has 0 aromatic heterocycles. The summed E-state index contributed by atoms with van der Waals surface area (Å²) in [5.41, 5.74) is 9.21. The van der Waals surface area contributed by atoms with Gasteiger partial charge in [0.15, 0.2) is 6.29 Å². The van der Waals surface area contributed by atoms with E-state index in [2.05, 4.69) is 10.9 Å². The molecule has 0 aliphatic carbocycles. The summed E-state index contributed by atoms with van der Waals surface area (Å²) in [6, 6.07) is 13.2. The zero-order valence-electron chi connectivity index (χ0n) is 14.7. The van der Waals surface area contributed by atoms with Crippen LogP contribution < -0.4 is 15.8 Å². The molecule has 2 aromatic rings. The first-order chi connectivity index (χ1) is 13.0. The Balaban J connectivity index is 1.79. The minimum absolute atomic E-state index is 0.318. The molecule has 1 unspecified atom stereocenters. The quantitative estimate of drug-likeness (QED) is 0.450. The zero-order valence-corrected chi connectivity index (χ0v) is 15.5. The standard InChI is InChI=1S/C20H19ClFN3O2/c1-13(23-24-16-6-4-15(22)5-7-16)18-10-25(11-19(18)20(27)12-26)17-8-2-14(21)3-9-17/h2-9,12,19,23-24H,10-11H2,1H3. The van der Waals surface area contributed by atoms with Gasteiger partial charge in [-0.3, -0.25) is 9.59 Å². The van der Waals surface area contributed by atoms with E-state index in [1.807, 2.05) is 24.0 Å². The van der Waals surface area contributed by atoms with Gasteiger partial charge in [0.2, 0.25) is 5.78 Å². The summed E-state index contributed by atoms with van der Waals surface area (Å²) in [7, 11) is 0. The third-order valence-corrected chi connectivity index (χ3v) is 4.81. The number of ketones is 1. The number of carbonyl (C=O) groups excluding carboxylic acids is 2. The molecule has 0 saturated carbocycles. The van der Waals surface area contributed by atoms with Crippen LogP contribution in [-0.2, 0) is 9.59 Å². The average Bonchev–Trinajstić information content (AvgIpc) is 3.13. The molecule has 2 N–H and O–H groups in total. The number of benzene rings is 2. The Bertz CT molecular complexity index is 866. The molecule has 1 fully saturated rings. The van der Waals surface area contributed by atoms with Gasteiger partial charge in [-0.15, -0.1) is 0 Å². The molecule has 1 aliphatic heterocycles. The van der Waals surface area contributed by atoms with Crippen molar-refractivity contribution in [2.45, 2.75) is 6.92 Å². The maximum Gasteiger partial charge on any atom is 0.204 e. The molecular formula is C20H19ClFN3O2. The van der Waals surface area contributed by atoms with Gasteiger partial charge in [0.05, 0.1) is 11.6 Å². The Labute approximate surface area is 161 Å². The van der Waals surface area contributed by atoms with Crippen molar-refractivity contribution in [1.82, 2.24) is 5.43 Å². The van der Waals surface area contributed by atoms with Crippen molar-refractivity contribution >= 4 is 35.0 Å². The minimum Gasteiger partial charge on any atom is -0.366 e. The van der Waals surface area contributed by atoms with Crippen LogP contribution in [0.15, 0.2) is 59.8 Å². The number of hydrogen-bond acceptors (Lipinski definition) is 5. The first-order valence-corrected chi connectivity index (χ1v) is 8.82. The third kappa shape index (κ3) is 4.46. The van der Waals surface area contributed by atoms with E-state index in [0.717, 1.165) is 17.0 Å². The Morgan fingerprint density at radius 1 is 1.19 bits per heavy atom. The van der Waals surface area contributed by atoms with E-state index in [0.29, 0.717) is 30.1 Å². The topological polar surface area (TPSA) is 61.4 Å². The van der Waals surface area contributed by atoms with Gasteiger partial charge < -0.3 is 15.8 Å². The van der Waals surface area contributed by atoms with E-state index in [1.54, 1.807) is 24.3 Å². The highest BCUT2D eigenvalue weighted by atomic mass is 35.5. The number of anilines is 2. The molecule has 0 amide bonds. The molecular weight excluding hydrogens is 369 g/mol. The van der Waals surface area contributed by atoms with Gasteiger partial charge in [0.1, 0.15) is 5.82 Å². The smallest absolute Gasteiger partial charge is 0.204 e. The lowest BCUT2D eigenvalue weighted by Crippen LogP contribution is -2.25. The molecule has 1 atom stereocenters. The van der Waals surface area contributed by atoms with Gasteiger partial charge >= 0.3 is 0 Å². The summed E-state index contributed by atoms with van der Waals surface area (Å²) in [6.07, 6.45) is 0.372. The van der Waals surface area contributed by atoms with Crippen molar-refractivity contribution in [1.29, 1.82) is 0 Å². The molecule has 140 valence electrons. The predicted molar refractivity (Wildman–Crippen MR) is 104 cm³/mol. The van der Waals surface area contributed by atoms with E-state index in [1.165, 1.54) is 12.1 Å². The lowest BCUT2D eigenvalue weighted by atomic mass is 9.97. The average molecular weight is 388 g/mol. The molecule has 0 bridgehead atoms. The molecule has 3 rings (SSSR count). The molecule has 27 heavy (non-hydrogen) atoms. The van der Waals surface area contributed by atoms with Crippen LogP contribution >= 0.6 is 11.6 Å². The van der Waals surface area contributed by atoms with E-state index in [9.17, 15) is 14.0 Å². The number of aldehydes is 1. The van der Waals surface area contributed by atoms with Crippen molar-refractivity contribution < 1.29 is 14.0 Å². The number of nitrogens with one attached hydrogen (secondary N) is 2. The normalized spacial score (nSPS) is 18.2. The predicted octanol–water partition coefficient (Wildman–Crippen LogP) is 3.57. The van der Waals surface area contributed by atoms with Crippen LogP contribution in [0.25, 0.3) is 0 Å². The number of hydrazine groups is 1. The largest absolute Gasteiger partial charge is 0.366 e. The number of Topliss-reactive ketones (excluding diaryl/α,β-unsaturated/α-hetero) is 1. The molecule has 2 aromatic carbocycles. The summed E-state index contributed by atoms with van der Waals surface area (Å²) in [4.78, 5) is 25.2. The Morgan fingerprint density at radius 2 is 1.85 bits per heavy atom. The molecule has 1 aliphatic rings. The van der Waals surface area contributed by atoms with E-state index >= 15 is 0 Å². The summed E-state index contributed by atoms with van der Waals surface area (Å²) in [6.45, 7) is 2.77.